The Kier molecular flexibility index (Phi) is 6.70. The van der Waals surface area contributed by atoms with Crippen LogP contribution in [0.2, 0.25) is 0 Å². The minimum absolute atomic E-state index is 0.130. The third kappa shape index (κ3) is 6.06. The fourth-order valence-electron chi connectivity index (χ4n) is 1.26. The van der Waals surface area contributed by atoms with Crippen LogP contribution in [0.5, 0.6) is 5.75 Å². The predicted octanol–water partition coefficient (Wildman–Crippen LogP) is 2.68. The summed E-state index contributed by atoms with van der Waals surface area (Å²) < 4.78 is 54.9. The second-order valence-electron chi connectivity index (χ2n) is 4.11. The molecule has 2 N–H and O–H groups in total. The second kappa shape index (κ2) is 7.80. The van der Waals surface area contributed by atoms with Crippen molar-refractivity contribution in [1.82, 2.24) is 5.32 Å². The molecule has 1 unspecified atom stereocenters. The Labute approximate surface area is 122 Å². The highest BCUT2D eigenvalue weighted by atomic mass is 79.9. The smallest absolute Gasteiger partial charge is 0.319 e. The van der Waals surface area contributed by atoms with Crippen LogP contribution < -0.4 is 10.1 Å². The summed E-state index contributed by atoms with van der Waals surface area (Å²) in [5.41, 5.74) is 0. The van der Waals surface area contributed by atoms with Gasteiger partial charge in [-0.1, -0.05) is 15.9 Å². The van der Waals surface area contributed by atoms with Crippen molar-refractivity contribution in [2.75, 3.05) is 19.7 Å². The molecule has 1 atom stereocenters. The molecule has 0 saturated heterocycles. The van der Waals surface area contributed by atoms with Gasteiger partial charge in [-0.15, -0.1) is 0 Å². The lowest BCUT2D eigenvalue weighted by Crippen LogP contribution is -2.42. The average molecular weight is 360 g/mol. The summed E-state index contributed by atoms with van der Waals surface area (Å²) in [6.07, 6.45) is -4.81. The first kappa shape index (κ1) is 17.2. The first-order valence-electron chi connectivity index (χ1n) is 5.74. The van der Waals surface area contributed by atoms with E-state index in [9.17, 15) is 22.7 Å². The highest BCUT2D eigenvalue weighted by Crippen LogP contribution is 2.21. The van der Waals surface area contributed by atoms with E-state index in [4.69, 9.17) is 4.74 Å². The highest BCUT2D eigenvalue weighted by Gasteiger charge is 2.40. The molecule has 3 nitrogen and oxygen atoms in total. The van der Waals surface area contributed by atoms with E-state index in [2.05, 4.69) is 21.2 Å². The van der Waals surface area contributed by atoms with Crippen molar-refractivity contribution >= 4 is 15.9 Å². The van der Waals surface area contributed by atoms with Crippen molar-refractivity contribution in [3.05, 3.63) is 28.7 Å². The summed E-state index contributed by atoms with van der Waals surface area (Å²) in [5.74, 6) is -3.60. The maximum atomic E-state index is 12.6. The Morgan fingerprint density at radius 3 is 2.40 bits per heavy atom. The lowest BCUT2D eigenvalue weighted by atomic mass is 10.3. The first-order valence-corrected chi connectivity index (χ1v) is 6.53. The van der Waals surface area contributed by atoms with Crippen molar-refractivity contribution in [3.8, 4) is 5.75 Å². The molecular weight excluding hydrogens is 346 g/mol. The molecular formula is C12H14BrF4NO2. The number of aliphatic hydroxyl groups is 1. The Morgan fingerprint density at radius 2 is 1.85 bits per heavy atom. The van der Waals surface area contributed by atoms with E-state index in [1.165, 1.54) is 0 Å². The number of aliphatic hydroxyl groups excluding tert-OH is 1. The molecule has 0 bridgehead atoms. The number of nitrogens with one attached hydrogen (secondary N) is 1. The van der Waals surface area contributed by atoms with E-state index in [-0.39, 0.29) is 13.2 Å². The number of alkyl halides is 4. The Hall–Kier alpha value is -0.860. The molecule has 0 aliphatic carbocycles. The normalized spacial score (nSPS) is 13.6. The monoisotopic (exact) mass is 359 g/mol. The molecule has 1 rings (SSSR count). The van der Waals surface area contributed by atoms with Gasteiger partial charge in [-0.05, 0) is 24.3 Å². The van der Waals surface area contributed by atoms with E-state index >= 15 is 0 Å². The fourth-order valence-corrected chi connectivity index (χ4v) is 1.53. The molecule has 0 aliphatic heterocycles. The van der Waals surface area contributed by atoms with Crippen LogP contribution in [0.15, 0.2) is 28.7 Å². The molecule has 1 aromatic rings. The Balaban J connectivity index is 2.24. The zero-order valence-electron chi connectivity index (χ0n) is 10.3. The van der Waals surface area contributed by atoms with Gasteiger partial charge in [0.15, 0.2) is 0 Å². The van der Waals surface area contributed by atoms with Crippen LogP contribution in [0, 0.1) is 0 Å². The Morgan fingerprint density at radius 1 is 1.25 bits per heavy atom. The minimum atomic E-state index is -4.10. The standard InChI is InChI=1S/C12H14BrF4NO2/c13-8-1-3-10(4-2-8)20-6-9(19)5-18-7-12(16,17)11(14)15/h1-4,9,11,18-19H,5-7H2. The van der Waals surface area contributed by atoms with Gasteiger partial charge in [0.05, 0.1) is 6.54 Å². The van der Waals surface area contributed by atoms with Crippen LogP contribution in [-0.4, -0.2) is 43.3 Å². The van der Waals surface area contributed by atoms with Crippen LogP contribution in [0.4, 0.5) is 17.6 Å². The molecule has 0 heterocycles. The van der Waals surface area contributed by atoms with Crippen LogP contribution >= 0.6 is 15.9 Å². The van der Waals surface area contributed by atoms with Gasteiger partial charge in [0.2, 0.25) is 0 Å². The number of hydrogen-bond acceptors (Lipinski definition) is 3. The van der Waals surface area contributed by atoms with Crippen LogP contribution in [0.25, 0.3) is 0 Å². The van der Waals surface area contributed by atoms with Crippen molar-refractivity contribution in [2.24, 2.45) is 0 Å². The number of benzene rings is 1. The van der Waals surface area contributed by atoms with Gasteiger partial charge < -0.3 is 15.2 Å². The van der Waals surface area contributed by atoms with Crippen LogP contribution in [0.3, 0.4) is 0 Å². The average Bonchev–Trinajstić information content (AvgIpc) is 2.37. The third-order valence-corrected chi connectivity index (χ3v) is 2.84. The first-order chi connectivity index (χ1) is 9.31. The number of ether oxygens (including phenoxy) is 1. The summed E-state index contributed by atoms with van der Waals surface area (Å²) in [4.78, 5) is 0. The van der Waals surface area contributed by atoms with Gasteiger partial charge in [0, 0.05) is 11.0 Å². The molecule has 114 valence electrons. The van der Waals surface area contributed by atoms with Gasteiger partial charge in [-0.3, -0.25) is 0 Å². The SMILES string of the molecule is OC(CNCC(F)(F)C(F)F)COc1ccc(Br)cc1. The summed E-state index contributed by atoms with van der Waals surface area (Å²) >= 11 is 3.24. The van der Waals surface area contributed by atoms with E-state index in [1.807, 2.05) is 0 Å². The Bertz CT molecular complexity index is 403. The van der Waals surface area contributed by atoms with Gasteiger partial charge in [0.25, 0.3) is 0 Å². The van der Waals surface area contributed by atoms with Crippen molar-refractivity contribution in [3.63, 3.8) is 0 Å². The summed E-state index contributed by atoms with van der Waals surface area (Å²) in [6.45, 7) is -1.59. The lowest BCUT2D eigenvalue weighted by Gasteiger charge is -2.18. The molecule has 0 saturated carbocycles. The van der Waals surface area contributed by atoms with Crippen molar-refractivity contribution in [2.45, 2.75) is 18.5 Å². The number of rotatable bonds is 8. The van der Waals surface area contributed by atoms with E-state index in [0.29, 0.717) is 5.75 Å². The quantitative estimate of drug-likeness (QED) is 0.701. The minimum Gasteiger partial charge on any atom is -0.491 e. The van der Waals surface area contributed by atoms with Gasteiger partial charge in [0.1, 0.15) is 18.5 Å². The zero-order valence-corrected chi connectivity index (χ0v) is 11.9. The maximum Gasteiger partial charge on any atom is 0.319 e. The summed E-state index contributed by atoms with van der Waals surface area (Å²) in [6, 6.07) is 6.80. The summed E-state index contributed by atoms with van der Waals surface area (Å²) in [5, 5.41) is 11.6. The maximum absolute atomic E-state index is 12.6. The van der Waals surface area contributed by atoms with Gasteiger partial charge in [-0.25, -0.2) is 8.78 Å². The molecule has 0 aliphatic rings. The molecule has 0 spiro atoms. The molecule has 0 radical (unpaired) electrons. The van der Waals surface area contributed by atoms with Crippen LogP contribution in [0.1, 0.15) is 0 Å². The lowest BCUT2D eigenvalue weighted by molar-refractivity contribution is -0.125. The highest BCUT2D eigenvalue weighted by molar-refractivity contribution is 9.10. The second-order valence-corrected chi connectivity index (χ2v) is 5.03. The van der Waals surface area contributed by atoms with Gasteiger partial charge in [-0.2, -0.15) is 8.78 Å². The molecule has 8 heteroatoms. The largest absolute Gasteiger partial charge is 0.491 e. The number of hydrogen-bond donors (Lipinski definition) is 2. The molecule has 0 aromatic heterocycles. The van der Waals surface area contributed by atoms with Gasteiger partial charge >= 0.3 is 12.3 Å². The molecule has 0 fully saturated rings. The van der Waals surface area contributed by atoms with Crippen molar-refractivity contribution < 1.29 is 27.4 Å². The predicted molar refractivity (Wildman–Crippen MR) is 69.5 cm³/mol. The van der Waals surface area contributed by atoms with Crippen molar-refractivity contribution in [1.29, 1.82) is 0 Å². The van der Waals surface area contributed by atoms with E-state index < -0.39 is 25.0 Å². The number of halogens is 5. The van der Waals surface area contributed by atoms with E-state index in [0.717, 1.165) is 4.47 Å². The molecule has 20 heavy (non-hydrogen) atoms. The third-order valence-electron chi connectivity index (χ3n) is 2.32. The van der Waals surface area contributed by atoms with Crippen LogP contribution in [-0.2, 0) is 0 Å². The van der Waals surface area contributed by atoms with E-state index in [1.54, 1.807) is 24.3 Å². The summed E-state index contributed by atoms with van der Waals surface area (Å²) in [7, 11) is 0. The topological polar surface area (TPSA) is 41.5 Å². The molecule has 0 amide bonds. The molecule has 1 aromatic carbocycles. The fraction of sp³-hybridized carbons (Fsp3) is 0.500. The zero-order chi connectivity index (χ0) is 15.2.